The minimum absolute atomic E-state index is 0.431. The third-order valence-electron chi connectivity index (χ3n) is 3.65. The average Bonchev–Trinajstić information content (AvgIpc) is 2.67. The molecule has 1 N–H and O–H groups in total. The van der Waals surface area contributed by atoms with E-state index in [9.17, 15) is 0 Å². The van der Waals surface area contributed by atoms with E-state index in [4.69, 9.17) is 14.7 Å². The van der Waals surface area contributed by atoms with Crippen molar-refractivity contribution in [3.05, 3.63) is 84.4 Å². The second-order valence-corrected chi connectivity index (χ2v) is 5.40. The Kier molecular flexibility index (Phi) is 5.67. The van der Waals surface area contributed by atoms with Crippen LogP contribution in [0.5, 0.6) is 11.5 Å². The summed E-state index contributed by atoms with van der Waals surface area (Å²) in [6, 6.07) is 25.6. The Morgan fingerprint density at radius 3 is 2.12 bits per heavy atom. The fourth-order valence-electron chi connectivity index (χ4n) is 2.44. The summed E-state index contributed by atoms with van der Waals surface area (Å²) in [6.45, 7) is 0.878. The fourth-order valence-corrected chi connectivity index (χ4v) is 2.44. The second-order valence-electron chi connectivity index (χ2n) is 5.40. The molecule has 3 rings (SSSR count). The molecule has 0 fully saturated rings. The highest BCUT2D eigenvalue weighted by Gasteiger charge is 1.99. The van der Waals surface area contributed by atoms with Gasteiger partial charge in [-0.15, -0.1) is 0 Å². The predicted octanol–water partition coefficient (Wildman–Crippen LogP) is 4.62. The third kappa shape index (κ3) is 4.85. The van der Waals surface area contributed by atoms with Gasteiger partial charge in [-0.25, -0.2) is 0 Å². The minimum Gasteiger partial charge on any atom is -0.490 e. The zero-order chi connectivity index (χ0) is 17.3. The largest absolute Gasteiger partial charge is 0.490 e. The first-order valence-electron chi connectivity index (χ1n) is 8.04. The molecule has 0 saturated carbocycles. The van der Waals surface area contributed by atoms with Gasteiger partial charge < -0.3 is 14.7 Å². The van der Waals surface area contributed by atoms with E-state index in [1.54, 1.807) is 6.07 Å². The fraction of sp³-hybridized carbons (Fsp3) is 0.0952. The summed E-state index contributed by atoms with van der Waals surface area (Å²) in [6.07, 6.45) is 1.36. The molecule has 0 heterocycles. The molecule has 25 heavy (non-hydrogen) atoms. The van der Waals surface area contributed by atoms with Crippen molar-refractivity contribution in [1.29, 1.82) is 0 Å². The van der Waals surface area contributed by atoms with E-state index < -0.39 is 0 Å². The first-order chi connectivity index (χ1) is 12.3. The van der Waals surface area contributed by atoms with Crippen molar-refractivity contribution in [2.45, 2.75) is 0 Å². The maximum absolute atomic E-state index is 8.55. The molecule has 3 aromatic carbocycles. The minimum atomic E-state index is 0.431. The summed E-state index contributed by atoms with van der Waals surface area (Å²) in [7, 11) is 0. The molecule has 4 nitrogen and oxygen atoms in total. The van der Waals surface area contributed by atoms with Crippen LogP contribution in [0.15, 0.2) is 84.0 Å². The first-order valence-corrected chi connectivity index (χ1v) is 8.04. The van der Waals surface area contributed by atoms with Gasteiger partial charge in [-0.1, -0.05) is 59.8 Å². The molecule has 0 aliphatic carbocycles. The van der Waals surface area contributed by atoms with Gasteiger partial charge in [-0.2, -0.15) is 0 Å². The predicted molar refractivity (Wildman–Crippen MR) is 98.7 cm³/mol. The van der Waals surface area contributed by atoms with Gasteiger partial charge in [0.05, 0.1) is 6.21 Å². The van der Waals surface area contributed by atoms with Gasteiger partial charge in [0.2, 0.25) is 0 Å². The Hall–Kier alpha value is -3.27. The van der Waals surface area contributed by atoms with Crippen LogP contribution in [-0.4, -0.2) is 24.6 Å². The highest BCUT2D eigenvalue weighted by Crippen LogP contribution is 2.22. The Balaban J connectivity index is 1.48. The molecule has 0 aliphatic heterocycles. The SMILES string of the molecule is ON=Cc1cccc(OCCOc2ccc(-c3ccccc3)cc2)c1. The number of rotatable bonds is 7. The molecule has 4 heteroatoms. The summed E-state index contributed by atoms with van der Waals surface area (Å²) < 4.78 is 11.3. The molecule has 0 aliphatic rings. The summed E-state index contributed by atoms with van der Waals surface area (Å²) in [4.78, 5) is 0. The van der Waals surface area contributed by atoms with E-state index >= 15 is 0 Å². The topological polar surface area (TPSA) is 51.1 Å². The number of benzene rings is 3. The van der Waals surface area contributed by atoms with Crippen LogP contribution < -0.4 is 9.47 Å². The first kappa shape index (κ1) is 16.6. The molecule has 0 amide bonds. The lowest BCUT2D eigenvalue weighted by atomic mass is 10.1. The van der Waals surface area contributed by atoms with E-state index in [0.717, 1.165) is 16.9 Å². The zero-order valence-electron chi connectivity index (χ0n) is 13.7. The van der Waals surface area contributed by atoms with Gasteiger partial charge >= 0.3 is 0 Å². The number of oxime groups is 1. The van der Waals surface area contributed by atoms with Crippen LogP contribution >= 0.6 is 0 Å². The van der Waals surface area contributed by atoms with Crippen LogP contribution in [0.1, 0.15) is 5.56 Å². The molecule has 0 saturated heterocycles. The summed E-state index contributed by atoms with van der Waals surface area (Å²) in [5.41, 5.74) is 3.12. The van der Waals surface area contributed by atoms with Crippen molar-refractivity contribution in [1.82, 2.24) is 0 Å². The van der Waals surface area contributed by atoms with Crippen LogP contribution in [0.2, 0.25) is 0 Å². The lowest BCUT2D eigenvalue weighted by molar-refractivity contribution is 0.217. The molecule has 0 atom stereocenters. The van der Waals surface area contributed by atoms with Crippen LogP contribution in [0.3, 0.4) is 0 Å². The molecule has 0 spiro atoms. The molecule has 0 bridgehead atoms. The second kappa shape index (κ2) is 8.55. The van der Waals surface area contributed by atoms with E-state index in [2.05, 4.69) is 17.3 Å². The lowest BCUT2D eigenvalue weighted by Crippen LogP contribution is -2.09. The maximum Gasteiger partial charge on any atom is 0.122 e. The molecular formula is C21H19NO3. The Bertz CT molecular complexity index is 814. The summed E-state index contributed by atoms with van der Waals surface area (Å²) in [5.74, 6) is 1.52. The van der Waals surface area contributed by atoms with Gasteiger partial charge in [0.25, 0.3) is 0 Å². The van der Waals surface area contributed by atoms with Crippen LogP contribution in [0.25, 0.3) is 11.1 Å². The van der Waals surface area contributed by atoms with Crippen molar-refractivity contribution >= 4 is 6.21 Å². The van der Waals surface area contributed by atoms with Crippen LogP contribution in [-0.2, 0) is 0 Å². The highest BCUT2D eigenvalue weighted by atomic mass is 16.5. The Labute approximate surface area is 147 Å². The standard InChI is InChI=1S/C21H19NO3/c23-22-16-17-5-4-8-21(15-17)25-14-13-24-20-11-9-19(10-12-20)18-6-2-1-3-7-18/h1-12,15-16,23H,13-14H2. The van der Waals surface area contributed by atoms with Crippen LogP contribution in [0.4, 0.5) is 0 Å². The monoisotopic (exact) mass is 333 g/mol. The van der Waals surface area contributed by atoms with Crippen molar-refractivity contribution in [2.24, 2.45) is 5.16 Å². The van der Waals surface area contributed by atoms with Gasteiger partial charge in [-0.3, -0.25) is 0 Å². The van der Waals surface area contributed by atoms with E-state index in [0.29, 0.717) is 19.0 Å². The van der Waals surface area contributed by atoms with E-state index in [-0.39, 0.29) is 0 Å². The average molecular weight is 333 g/mol. The molecule has 0 unspecified atom stereocenters. The number of hydrogen-bond acceptors (Lipinski definition) is 4. The molecule has 3 aromatic rings. The maximum atomic E-state index is 8.55. The van der Waals surface area contributed by atoms with Gasteiger partial charge in [-0.05, 0) is 41.0 Å². The zero-order valence-corrected chi connectivity index (χ0v) is 13.7. The van der Waals surface area contributed by atoms with Crippen LogP contribution in [0, 0.1) is 0 Å². The lowest BCUT2D eigenvalue weighted by Gasteiger charge is -2.09. The van der Waals surface area contributed by atoms with Gasteiger partial charge in [0.1, 0.15) is 24.7 Å². The number of ether oxygens (including phenoxy) is 2. The smallest absolute Gasteiger partial charge is 0.122 e. The number of hydrogen-bond donors (Lipinski definition) is 1. The third-order valence-corrected chi connectivity index (χ3v) is 3.65. The Morgan fingerprint density at radius 1 is 0.720 bits per heavy atom. The van der Waals surface area contributed by atoms with Crippen molar-refractivity contribution in [3.8, 4) is 22.6 Å². The van der Waals surface area contributed by atoms with E-state index in [1.807, 2.05) is 60.7 Å². The summed E-state index contributed by atoms with van der Waals surface area (Å²) in [5, 5.41) is 11.6. The quantitative estimate of drug-likeness (QED) is 0.297. The number of nitrogens with zero attached hydrogens (tertiary/aromatic N) is 1. The van der Waals surface area contributed by atoms with E-state index in [1.165, 1.54) is 11.8 Å². The van der Waals surface area contributed by atoms with Crippen molar-refractivity contribution in [3.63, 3.8) is 0 Å². The molecule has 0 aromatic heterocycles. The summed E-state index contributed by atoms with van der Waals surface area (Å²) >= 11 is 0. The molecule has 0 radical (unpaired) electrons. The van der Waals surface area contributed by atoms with Gasteiger partial charge in [0, 0.05) is 0 Å². The van der Waals surface area contributed by atoms with Gasteiger partial charge in [0.15, 0.2) is 0 Å². The Morgan fingerprint density at radius 2 is 1.40 bits per heavy atom. The normalized spacial score (nSPS) is 10.7. The molecular weight excluding hydrogens is 314 g/mol. The van der Waals surface area contributed by atoms with Crippen molar-refractivity contribution in [2.75, 3.05) is 13.2 Å². The highest BCUT2D eigenvalue weighted by molar-refractivity contribution is 5.79. The van der Waals surface area contributed by atoms with Crippen molar-refractivity contribution < 1.29 is 14.7 Å². The molecule has 126 valence electrons.